The van der Waals surface area contributed by atoms with Crippen molar-refractivity contribution in [3.05, 3.63) is 65.1 Å². The molecule has 34 heavy (non-hydrogen) atoms. The third-order valence-electron chi connectivity index (χ3n) is 6.74. The molecule has 4 aromatic rings. The van der Waals surface area contributed by atoms with Crippen molar-refractivity contribution < 1.29 is 5.11 Å². The van der Waals surface area contributed by atoms with E-state index in [1.54, 1.807) is 31.1 Å². The second-order valence-corrected chi connectivity index (χ2v) is 8.85. The first-order chi connectivity index (χ1) is 16.5. The first-order valence-corrected chi connectivity index (χ1v) is 11.5. The lowest BCUT2D eigenvalue weighted by atomic mass is 9.92. The first kappa shape index (κ1) is 22.0. The van der Waals surface area contributed by atoms with E-state index < -0.39 is 0 Å². The minimum Gasteiger partial charge on any atom is -0.404 e. The van der Waals surface area contributed by atoms with E-state index in [9.17, 15) is 9.90 Å². The largest absolute Gasteiger partial charge is 0.404 e. The summed E-state index contributed by atoms with van der Waals surface area (Å²) < 4.78 is 3.52. The van der Waals surface area contributed by atoms with E-state index in [0.29, 0.717) is 6.42 Å². The lowest BCUT2D eigenvalue weighted by Gasteiger charge is -2.27. The molecule has 2 unspecified atom stereocenters. The molecule has 5 rings (SSSR count). The van der Waals surface area contributed by atoms with Crippen LogP contribution in [0.2, 0.25) is 0 Å². The molecule has 1 aliphatic carbocycles. The maximum Gasteiger partial charge on any atom is 0.329 e. The molecule has 3 heterocycles. The molecule has 174 valence electrons. The number of allylic oxidation sites excluding steroid dienone is 1. The summed E-state index contributed by atoms with van der Waals surface area (Å²) in [5.74, 6) is 0. The minimum absolute atomic E-state index is 0.0307. The highest BCUT2D eigenvalue weighted by atomic mass is 16.3. The van der Waals surface area contributed by atoms with Crippen molar-refractivity contribution in [2.24, 2.45) is 17.8 Å². The van der Waals surface area contributed by atoms with E-state index >= 15 is 0 Å². The average molecular weight is 457 g/mol. The van der Waals surface area contributed by atoms with Gasteiger partial charge in [0.15, 0.2) is 0 Å². The summed E-state index contributed by atoms with van der Waals surface area (Å²) in [7, 11) is 3.47. The van der Waals surface area contributed by atoms with Gasteiger partial charge in [0, 0.05) is 55.3 Å². The van der Waals surface area contributed by atoms with Gasteiger partial charge in [-0.05, 0) is 49.4 Å². The van der Waals surface area contributed by atoms with Crippen LogP contribution in [-0.4, -0.2) is 43.6 Å². The van der Waals surface area contributed by atoms with Crippen LogP contribution in [-0.2, 0) is 7.05 Å². The summed E-state index contributed by atoms with van der Waals surface area (Å²) in [6, 6.07) is 9.95. The van der Waals surface area contributed by atoms with Gasteiger partial charge in [-0.25, -0.2) is 4.79 Å². The standard InChI is InChI=1S/C26H28N6O2/c1-28-13-18(12-27)22-8-7-17(14-29-22)16-6-9-23-21(10-16)25-24(15-30-23)31(2)26(34)32(25)19-4-3-5-20(33)11-19/h6-10,12-15,19-20,33H,3-5,11,27H2,1-2H3. The average Bonchev–Trinajstić information content (AvgIpc) is 3.12. The molecule has 1 aliphatic rings. The molecule has 0 saturated heterocycles. The Kier molecular flexibility index (Phi) is 5.75. The number of aliphatic hydroxyl groups excluding tert-OH is 1. The number of aromatic nitrogens is 4. The molecular weight excluding hydrogens is 428 g/mol. The quantitative estimate of drug-likeness (QED) is 0.457. The summed E-state index contributed by atoms with van der Waals surface area (Å²) in [6.07, 6.45) is 9.53. The van der Waals surface area contributed by atoms with E-state index in [-0.39, 0.29) is 17.8 Å². The van der Waals surface area contributed by atoms with Gasteiger partial charge in [0.2, 0.25) is 0 Å². The molecule has 1 aromatic carbocycles. The van der Waals surface area contributed by atoms with Crippen molar-refractivity contribution in [3.8, 4) is 11.1 Å². The first-order valence-electron chi connectivity index (χ1n) is 11.5. The van der Waals surface area contributed by atoms with Gasteiger partial charge in [-0.3, -0.25) is 24.1 Å². The number of fused-ring (bicyclic) bond motifs is 3. The van der Waals surface area contributed by atoms with Crippen molar-refractivity contribution >= 4 is 33.7 Å². The smallest absolute Gasteiger partial charge is 0.329 e. The summed E-state index contributed by atoms with van der Waals surface area (Å²) in [4.78, 5) is 26.5. The number of nitrogens with two attached hydrogens (primary N) is 1. The fourth-order valence-corrected chi connectivity index (χ4v) is 4.99. The van der Waals surface area contributed by atoms with Crippen molar-refractivity contribution in [2.45, 2.75) is 37.8 Å². The zero-order valence-electron chi connectivity index (χ0n) is 19.3. The number of hydrogen-bond donors (Lipinski definition) is 2. The van der Waals surface area contributed by atoms with Crippen LogP contribution < -0.4 is 11.4 Å². The summed E-state index contributed by atoms with van der Waals surface area (Å²) in [6.45, 7) is 0. The van der Waals surface area contributed by atoms with Gasteiger partial charge in [0.1, 0.15) is 0 Å². The predicted octanol–water partition coefficient (Wildman–Crippen LogP) is 3.43. The summed E-state index contributed by atoms with van der Waals surface area (Å²) in [5, 5.41) is 11.2. The molecule has 3 N–H and O–H groups in total. The van der Waals surface area contributed by atoms with Gasteiger partial charge >= 0.3 is 5.69 Å². The summed E-state index contributed by atoms with van der Waals surface area (Å²) >= 11 is 0. The van der Waals surface area contributed by atoms with Crippen LogP contribution in [0.5, 0.6) is 0 Å². The SMILES string of the molecule is CN=CC(=CN)c1ccc(-c2ccc3ncc4c(c3c2)n(C2CCCC(O)C2)c(=O)n4C)cn1. The van der Waals surface area contributed by atoms with Gasteiger partial charge in [-0.2, -0.15) is 0 Å². The van der Waals surface area contributed by atoms with Gasteiger partial charge in [0.25, 0.3) is 0 Å². The van der Waals surface area contributed by atoms with E-state index in [4.69, 9.17) is 5.73 Å². The molecule has 0 aliphatic heterocycles. The van der Waals surface area contributed by atoms with Crippen LogP contribution in [0.15, 0.2) is 58.7 Å². The fraction of sp³-hybridized carbons (Fsp3) is 0.308. The zero-order chi connectivity index (χ0) is 23.8. The van der Waals surface area contributed by atoms with Gasteiger partial charge in [0.05, 0.1) is 34.5 Å². The topological polar surface area (TPSA) is 111 Å². The van der Waals surface area contributed by atoms with Gasteiger partial charge < -0.3 is 10.8 Å². The monoisotopic (exact) mass is 456 g/mol. The Morgan fingerprint density at radius 1 is 1.18 bits per heavy atom. The number of pyridine rings is 2. The Bertz CT molecular complexity index is 1480. The summed E-state index contributed by atoms with van der Waals surface area (Å²) in [5.41, 5.74) is 11.5. The molecule has 0 bridgehead atoms. The number of imidazole rings is 1. The minimum atomic E-state index is -0.376. The normalized spacial score (nSPS) is 19.4. The molecule has 0 amide bonds. The Labute approximate surface area is 197 Å². The second kappa shape index (κ2) is 8.87. The predicted molar refractivity (Wildman–Crippen MR) is 136 cm³/mol. The maximum atomic E-state index is 13.3. The highest BCUT2D eigenvalue weighted by molar-refractivity contribution is 6.09. The molecule has 8 heteroatoms. The third kappa shape index (κ3) is 3.70. The molecule has 1 fully saturated rings. The van der Waals surface area contributed by atoms with Crippen LogP contribution in [0, 0.1) is 0 Å². The Morgan fingerprint density at radius 3 is 2.71 bits per heavy atom. The lowest BCUT2D eigenvalue weighted by molar-refractivity contribution is 0.104. The zero-order valence-corrected chi connectivity index (χ0v) is 19.3. The van der Waals surface area contributed by atoms with E-state index in [2.05, 4.69) is 21.0 Å². The van der Waals surface area contributed by atoms with Crippen molar-refractivity contribution in [1.29, 1.82) is 0 Å². The molecule has 8 nitrogen and oxygen atoms in total. The molecule has 0 spiro atoms. The van der Waals surface area contributed by atoms with Crippen LogP contribution >= 0.6 is 0 Å². The van der Waals surface area contributed by atoms with Crippen molar-refractivity contribution in [1.82, 2.24) is 19.1 Å². The number of rotatable bonds is 4. The second-order valence-electron chi connectivity index (χ2n) is 8.85. The molecule has 2 atom stereocenters. The van der Waals surface area contributed by atoms with E-state index in [1.807, 2.05) is 35.0 Å². The number of aliphatic imine (C=N–C) groups is 1. The van der Waals surface area contributed by atoms with Crippen LogP contribution in [0.25, 0.3) is 38.6 Å². The Hall–Kier alpha value is -3.78. The number of benzene rings is 1. The molecule has 1 saturated carbocycles. The van der Waals surface area contributed by atoms with Crippen molar-refractivity contribution in [2.75, 3.05) is 7.05 Å². The van der Waals surface area contributed by atoms with Crippen LogP contribution in [0.1, 0.15) is 37.4 Å². The fourth-order valence-electron chi connectivity index (χ4n) is 4.99. The molecular formula is C26H28N6O2. The lowest BCUT2D eigenvalue weighted by Crippen LogP contribution is -2.30. The maximum absolute atomic E-state index is 13.3. The molecule has 3 aromatic heterocycles. The van der Waals surface area contributed by atoms with E-state index in [1.165, 1.54) is 6.20 Å². The van der Waals surface area contributed by atoms with Gasteiger partial charge in [-0.1, -0.05) is 12.1 Å². The van der Waals surface area contributed by atoms with Gasteiger partial charge in [-0.15, -0.1) is 0 Å². The van der Waals surface area contributed by atoms with Crippen LogP contribution in [0.3, 0.4) is 0 Å². The highest BCUT2D eigenvalue weighted by Crippen LogP contribution is 2.34. The highest BCUT2D eigenvalue weighted by Gasteiger charge is 2.26. The number of nitrogens with zero attached hydrogens (tertiary/aromatic N) is 5. The van der Waals surface area contributed by atoms with Crippen molar-refractivity contribution in [3.63, 3.8) is 0 Å². The Balaban J connectivity index is 1.66. The number of hydrogen-bond acceptors (Lipinski definition) is 6. The Morgan fingerprint density at radius 2 is 2.00 bits per heavy atom. The molecule has 0 radical (unpaired) electrons. The van der Waals surface area contributed by atoms with E-state index in [0.717, 1.165) is 63.6 Å². The third-order valence-corrected chi connectivity index (χ3v) is 6.74. The number of aliphatic hydroxyl groups is 1. The number of aryl methyl sites for hydroxylation is 1. The van der Waals surface area contributed by atoms with Crippen LogP contribution in [0.4, 0.5) is 0 Å².